The van der Waals surface area contributed by atoms with Crippen LogP contribution in [0.2, 0.25) is 0 Å². The lowest BCUT2D eigenvalue weighted by Crippen LogP contribution is -2.55. The smallest absolute Gasteiger partial charge is 0.144 e. The number of para-hydroxylation sites is 2. The highest BCUT2D eigenvalue weighted by Crippen LogP contribution is 2.44. The van der Waals surface area contributed by atoms with Gasteiger partial charge in [0.1, 0.15) is 45.1 Å². The summed E-state index contributed by atoms with van der Waals surface area (Å²) in [5, 5.41) is 4.67. The second-order valence-electron chi connectivity index (χ2n) is 13.0. The van der Waals surface area contributed by atoms with Crippen molar-refractivity contribution in [3.05, 3.63) is 152 Å². The lowest BCUT2D eigenvalue weighted by molar-refractivity contribution is 1.11. The van der Waals surface area contributed by atoms with Gasteiger partial charge < -0.3 is 0 Å². The van der Waals surface area contributed by atoms with Crippen molar-refractivity contribution in [1.29, 1.82) is 0 Å². The van der Waals surface area contributed by atoms with Crippen LogP contribution in [0.4, 0.5) is 0 Å². The molecule has 10 radical (unpaired) electrons. The van der Waals surface area contributed by atoms with Crippen molar-refractivity contribution in [3.8, 4) is 50.5 Å². The van der Waals surface area contributed by atoms with Crippen LogP contribution < -0.4 is 27.3 Å². The largest absolute Gasteiger partial charge is 0.292 e. The van der Waals surface area contributed by atoms with Gasteiger partial charge in [-0.25, -0.2) is 4.98 Å². The molecule has 9 rings (SSSR count). The molecule has 7 heteroatoms. The van der Waals surface area contributed by atoms with Gasteiger partial charge in [-0.3, -0.25) is 4.57 Å². The molecule has 0 saturated heterocycles. The maximum Gasteiger partial charge on any atom is 0.144 e. The average Bonchev–Trinajstić information content (AvgIpc) is 3.58. The Hall–Kier alpha value is -5.93. The third kappa shape index (κ3) is 5.06. The van der Waals surface area contributed by atoms with Crippen molar-refractivity contribution < 1.29 is 0 Å². The molecule has 0 atom stereocenters. The number of hydrogen-bond acceptors (Lipinski definition) is 1. The van der Waals surface area contributed by atoms with E-state index in [1.807, 2.05) is 30.3 Å². The molecule has 0 unspecified atom stereocenters. The Balaban J connectivity index is 1.28. The van der Waals surface area contributed by atoms with E-state index >= 15 is 0 Å². The summed E-state index contributed by atoms with van der Waals surface area (Å²) in [4.78, 5) is 5.02. The molecule has 52 heavy (non-hydrogen) atoms. The lowest BCUT2D eigenvalue weighted by atomic mass is 9.60. The van der Waals surface area contributed by atoms with Gasteiger partial charge in [-0.2, -0.15) is 0 Å². The summed E-state index contributed by atoms with van der Waals surface area (Å²) < 4.78 is 2.06. The van der Waals surface area contributed by atoms with Crippen molar-refractivity contribution in [3.63, 3.8) is 0 Å². The monoisotopic (exact) mass is 648 g/mol. The van der Waals surface area contributed by atoms with Crippen LogP contribution >= 0.6 is 0 Å². The highest BCUT2D eigenvalue weighted by Gasteiger charge is 2.22. The van der Waals surface area contributed by atoms with Gasteiger partial charge in [0, 0.05) is 11.3 Å². The third-order valence-electron chi connectivity index (χ3n) is 10.1. The zero-order valence-electron chi connectivity index (χ0n) is 28.2. The quantitative estimate of drug-likeness (QED) is 0.166. The molecule has 9 aromatic rings. The SMILES string of the molecule is [B]c1c([B])c([B])c(-c2nc3ccccc3n2-c2cccc(-c3c4ccccc4c(-c4ccc(-c5ccccc5)cc4)c4ccccc34)c2)c([B])c1[B]. The van der Waals surface area contributed by atoms with Crippen LogP contribution in [0.5, 0.6) is 0 Å². The highest BCUT2D eigenvalue weighted by molar-refractivity contribution is 6.68. The van der Waals surface area contributed by atoms with E-state index in [0.29, 0.717) is 11.4 Å². The molecule has 0 aliphatic rings. The Labute approximate surface area is 309 Å². The van der Waals surface area contributed by atoms with E-state index in [9.17, 15) is 0 Å². The van der Waals surface area contributed by atoms with E-state index in [4.69, 9.17) is 44.2 Å². The summed E-state index contributed by atoms with van der Waals surface area (Å²) in [6.07, 6.45) is 0. The molecule has 8 aromatic carbocycles. The summed E-state index contributed by atoms with van der Waals surface area (Å²) in [5.74, 6) is 0.524. The van der Waals surface area contributed by atoms with E-state index in [0.717, 1.165) is 38.6 Å². The van der Waals surface area contributed by atoms with Gasteiger partial charge in [0.25, 0.3) is 0 Å². The van der Waals surface area contributed by atoms with Crippen LogP contribution in [-0.4, -0.2) is 48.8 Å². The van der Waals surface area contributed by atoms with Crippen LogP contribution in [0.1, 0.15) is 0 Å². The molecule has 0 amide bonds. The van der Waals surface area contributed by atoms with Gasteiger partial charge in [-0.15, -0.1) is 16.4 Å². The van der Waals surface area contributed by atoms with Crippen molar-refractivity contribution in [1.82, 2.24) is 9.55 Å². The second kappa shape index (κ2) is 12.7. The number of imidazole rings is 1. The number of rotatable bonds is 5. The molecular formula is C45H25B5N2. The fraction of sp³-hybridized carbons (Fsp3) is 0. The van der Waals surface area contributed by atoms with Gasteiger partial charge in [0.15, 0.2) is 0 Å². The number of benzene rings is 8. The van der Waals surface area contributed by atoms with Gasteiger partial charge in [-0.05, 0) is 79.2 Å². The van der Waals surface area contributed by atoms with Crippen LogP contribution in [0, 0.1) is 0 Å². The van der Waals surface area contributed by atoms with Crippen LogP contribution in [0.25, 0.3) is 83.0 Å². The summed E-state index contributed by atoms with van der Waals surface area (Å²) >= 11 is 0. The number of nitrogens with zero attached hydrogens (tertiary/aromatic N) is 2. The van der Waals surface area contributed by atoms with Crippen LogP contribution in [0.3, 0.4) is 0 Å². The van der Waals surface area contributed by atoms with Gasteiger partial charge in [0.2, 0.25) is 0 Å². The molecule has 0 bridgehead atoms. The molecule has 0 fully saturated rings. The van der Waals surface area contributed by atoms with E-state index < -0.39 is 0 Å². The average molecular weight is 648 g/mol. The number of hydrogen-bond donors (Lipinski definition) is 0. The van der Waals surface area contributed by atoms with Crippen LogP contribution in [-0.2, 0) is 0 Å². The molecule has 0 N–H and O–H groups in total. The van der Waals surface area contributed by atoms with Crippen LogP contribution in [0.15, 0.2) is 152 Å². The van der Waals surface area contributed by atoms with E-state index in [1.165, 1.54) is 33.0 Å². The van der Waals surface area contributed by atoms with Crippen molar-refractivity contribution >= 4 is 99.1 Å². The Bertz CT molecular complexity index is 2760. The molecule has 0 aliphatic heterocycles. The van der Waals surface area contributed by atoms with Gasteiger partial charge >= 0.3 is 0 Å². The zero-order valence-corrected chi connectivity index (χ0v) is 28.2. The van der Waals surface area contributed by atoms with Gasteiger partial charge in [0.05, 0.1) is 11.0 Å². The molecule has 0 aliphatic carbocycles. The normalized spacial score (nSPS) is 11.5. The fourth-order valence-corrected chi connectivity index (χ4v) is 7.56. The first-order valence-corrected chi connectivity index (χ1v) is 17.1. The molecule has 1 heterocycles. The summed E-state index contributed by atoms with van der Waals surface area (Å²) in [5.41, 5.74) is 10.9. The number of fused-ring (bicyclic) bond motifs is 3. The first kappa shape index (κ1) is 32.0. The lowest BCUT2D eigenvalue weighted by Gasteiger charge is -2.22. The summed E-state index contributed by atoms with van der Waals surface area (Å²) in [7, 11) is 32.1. The Morgan fingerprint density at radius 1 is 0.365 bits per heavy atom. The standard InChI is InChI=1S/C45H25B5N2/c46-40-39(41(47)43(49)44(50)42(40)48)45-51-35-19-8-9-20-36(35)52(45)30-14-10-13-29(25-30)38-33-17-6-4-15-31(33)37(32-16-5-7-18-34(32)38)28-23-21-27(22-24-28)26-11-2-1-3-12-26/h1-25H. The minimum atomic E-state index is 0.165. The first-order chi connectivity index (χ1) is 25.4. The van der Waals surface area contributed by atoms with E-state index in [-0.39, 0.29) is 27.3 Å². The maximum atomic E-state index is 6.61. The highest BCUT2D eigenvalue weighted by atomic mass is 15.1. The minimum Gasteiger partial charge on any atom is -0.292 e. The van der Waals surface area contributed by atoms with E-state index in [1.54, 1.807) is 0 Å². The van der Waals surface area contributed by atoms with Crippen molar-refractivity contribution in [2.75, 3.05) is 0 Å². The molecule has 0 spiro atoms. The Morgan fingerprint density at radius 3 is 1.44 bits per heavy atom. The summed E-state index contributed by atoms with van der Waals surface area (Å²) in [6, 6.07) is 53.1. The second-order valence-corrected chi connectivity index (χ2v) is 13.0. The van der Waals surface area contributed by atoms with E-state index in [2.05, 4.69) is 126 Å². The Kier molecular flexibility index (Phi) is 7.81. The topological polar surface area (TPSA) is 17.8 Å². The fourth-order valence-electron chi connectivity index (χ4n) is 7.56. The number of aromatic nitrogens is 2. The third-order valence-corrected chi connectivity index (χ3v) is 10.1. The van der Waals surface area contributed by atoms with Gasteiger partial charge in [-0.1, -0.05) is 138 Å². The van der Waals surface area contributed by atoms with Crippen molar-refractivity contribution in [2.24, 2.45) is 0 Å². The molecule has 1 aromatic heterocycles. The first-order valence-electron chi connectivity index (χ1n) is 17.1. The predicted molar refractivity (Wildman–Crippen MR) is 225 cm³/mol. The Morgan fingerprint density at radius 2 is 0.827 bits per heavy atom. The van der Waals surface area contributed by atoms with Crippen molar-refractivity contribution in [2.45, 2.75) is 0 Å². The summed E-state index contributed by atoms with van der Waals surface area (Å²) in [6.45, 7) is 0. The predicted octanol–water partition coefficient (Wildman–Crippen LogP) is 5.97. The molecule has 2 nitrogen and oxygen atoms in total. The molecular weight excluding hydrogens is 623 g/mol. The molecule has 0 saturated carbocycles. The zero-order chi connectivity index (χ0) is 35.5. The molecule has 230 valence electrons. The minimum absolute atomic E-state index is 0.165. The maximum absolute atomic E-state index is 6.61.